The van der Waals surface area contributed by atoms with Crippen molar-refractivity contribution in [2.24, 2.45) is 5.41 Å². The van der Waals surface area contributed by atoms with E-state index in [1.54, 1.807) is 0 Å². The van der Waals surface area contributed by atoms with Crippen molar-refractivity contribution in [3.8, 4) is 0 Å². The molecule has 0 heterocycles. The lowest BCUT2D eigenvalue weighted by Crippen LogP contribution is -2.30. The lowest BCUT2D eigenvalue weighted by molar-refractivity contribution is 0.156. The van der Waals surface area contributed by atoms with Crippen molar-refractivity contribution in [2.75, 3.05) is 6.54 Å². The molecule has 116 valence electrons. The summed E-state index contributed by atoms with van der Waals surface area (Å²) in [6.45, 7) is 3.43. The van der Waals surface area contributed by atoms with E-state index in [0.717, 1.165) is 6.04 Å². The Morgan fingerprint density at radius 1 is 1.00 bits per heavy atom. The van der Waals surface area contributed by atoms with Gasteiger partial charge in [0, 0.05) is 6.04 Å². The minimum absolute atomic E-state index is 0.630. The summed E-state index contributed by atoms with van der Waals surface area (Å²) in [5.74, 6) is 0. The Bertz CT molecular complexity index is 424. The van der Waals surface area contributed by atoms with Crippen molar-refractivity contribution in [3.05, 3.63) is 35.4 Å². The largest absolute Gasteiger partial charge is 0.314 e. The van der Waals surface area contributed by atoms with Gasteiger partial charge in [-0.05, 0) is 69.4 Å². The summed E-state index contributed by atoms with van der Waals surface area (Å²) in [7, 11) is 0. The SMILES string of the molecule is Cc1ccc(CCC2(CCNC3CC3)CCCCC2)cc1. The third-order valence-electron chi connectivity index (χ3n) is 5.64. The van der Waals surface area contributed by atoms with E-state index in [9.17, 15) is 0 Å². The van der Waals surface area contributed by atoms with Crippen molar-refractivity contribution in [1.82, 2.24) is 5.32 Å². The van der Waals surface area contributed by atoms with E-state index in [1.165, 1.54) is 81.9 Å². The molecule has 21 heavy (non-hydrogen) atoms. The van der Waals surface area contributed by atoms with Crippen LogP contribution in [0.2, 0.25) is 0 Å². The summed E-state index contributed by atoms with van der Waals surface area (Å²) in [6, 6.07) is 10.0. The molecule has 0 aromatic heterocycles. The molecular weight excluding hydrogens is 254 g/mol. The van der Waals surface area contributed by atoms with E-state index < -0.39 is 0 Å². The zero-order valence-electron chi connectivity index (χ0n) is 13.7. The van der Waals surface area contributed by atoms with Gasteiger partial charge in [-0.1, -0.05) is 49.1 Å². The molecule has 2 saturated carbocycles. The number of hydrogen-bond donors (Lipinski definition) is 1. The van der Waals surface area contributed by atoms with Gasteiger partial charge < -0.3 is 5.32 Å². The van der Waals surface area contributed by atoms with E-state index in [1.807, 2.05) is 0 Å². The second kappa shape index (κ2) is 6.96. The highest BCUT2D eigenvalue weighted by Gasteiger charge is 2.32. The van der Waals surface area contributed by atoms with Crippen molar-refractivity contribution in [3.63, 3.8) is 0 Å². The quantitative estimate of drug-likeness (QED) is 0.741. The molecule has 1 N–H and O–H groups in total. The molecule has 0 spiro atoms. The predicted octanol–water partition coefficient (Wildman–Crippen LogP) is 5.02. The average molecular weight is 285 g/mol. The molecule has 1 nitrogen and oxygen atoms in total. The predicted molar refractivity (Wildman–Crippen MR) is 90.7 cm³/mol. The van der Waals surface area contributed by atoms with E-state index >= 15 is 0 Å². The van der Waals surface area contributed by atoms with Crippen LogP contribution in [0.1, 0.15) is 68.9 Å². The molecule has 1 aromatic carbocycles. The number of nitrogens with one attached hydrogen (secondary N) is 1. The van der Waals surface area contributed by atoms with Gasteiger partial charge in [-0.15, -0.1) is 0 Å². The highest BCUT2D eigenvalue weighted by atomic mass is 14.9. The Kier molecular flexibility index (Phi) is 5.00. The summed E-state index contributed by atoms with van der Waals surface area (Å²) >= 11 is 0. The van der Waals surface area contributed by atoms with Crippen LogP contribution in [-0.2, 0) is 6.42 Å². The van der Waals surface area contributed by atoms with Crippen LogP contribution in [-0.4, -0.2) is 12.6 Å². The van der Waals surface area contributed by atoms with Crippen molar-refractivity contribution >= 4 is 0 Å². The Balaban J connectivity index is 1.54. The molecule has 2 aliphatic rings. The van der Waals surface area contributed by atoms with Crippen molar-refractivity contribution in [2.45, 2.75) is 77.2 Å². The topological polar surface area (TPSA) is 12.0 Å². The van der Waals surface area contributed by atoms with Crippen LogP contribution in [0.25, 0.3) is 0 Å². The first-order valence-corrected chi connectivity index (χ1v) is 9.05. The maximum absolute atomic E-state index is 3.73. The third kappa shape index (κ3) is 4.57. The second-order valence-electron chi connectivity index (χ2n) is 7.52. The lowest BCUT2D eigenvalue weighted by atomic mass is 9.68. The van der Waals surface area contributed by atoms with Crippen LogP contribution in [0, 0.1) is 12.3 Å². The monoisotopic (exact) mass is 285 g/mol. The zero-order chi connectivity index (χ0) is 14.5. The van der Waals surface area contributed by atoms with Crippen LogP contribution in [0.4, 0.5) is 0 Å². The molecule has 2 fully saturated rings. The van der Waals surface area contributed by atoms with E-state index in [-0.39, 0.29) is 0 Å². The highest BCUT2D eigenvalue weighted by Crippen LogP contribution is 2.43. The van der Waals surface area contributed by atoms with Gasteiger partial charge in [-0.25, -0.2) is 0 Å². The number of aryl methyl sites for hydroxylation is 2. The average Bonchev–Trinajstić information content (AvgIpc) is 3.32. The summed E-state index contributed by atoms with van der Waals surface area (Å²) < 4.78 is 0. The summed E-state index contributed by atoms with van der Waals surface area (Å²) in [6.07, 6.45) is 14.2. The molecule has 0 atom stereocenters. The highest BCUT2D eigenvalue weighted by molar-refractivity contribution is 5.21. The first-order chi connectivity index (χ1) is 10.3. The molecule has 0 bridgehead atoms. The normalized spacial score (nSPS) is 21.4. The van der Waals surface area contributed by atoms with Crippen LogP contribution in [0.5, 0.6) is 0 Å². The Labute approximate surface area is 130 Å². The maximum Gasteiger partial charge on any atom is 0.00682 e. The summed E-state index contributed by atoms with van der Waals surface area (Å²) in [5.41, 5.74) is 3.53. The molecule has 0 amide bonds. The molecule has 1 aromatic rings. The third-order valence-corrected chi connectivity index (χ3v) is 5.64. The van der Waals surface area contributed by atoms with Gasteiger partial charge in [-0.3, -0.25) is 0 Å². The minimum Gasteiger partial charge on any atom is -0.314 e. The Hall–Kier alpha value is -0.820. The number of rotatable bonds is 7. The number of benzene rings is 1. The Morgan fingerprint density at radius 3 is 2.38 bits per heavy atom. The Morgan fingerprint density at radius 2 is 1.71 bits per heavy atom. The van der Waals surface area contributed by atoms with Crippen LogP contribution < -0.4 is 5.32 Å². The van der Waals surface area contributed by atoms with Crippen molar-refractivity contribution < 1.29 is 0 Å². The van der Waals surface area contributed by atoms with Crippen molar-refractivity contribution in [1.29, 1.82) is 0 Å². The van der Waals surface area contributed by atoms with Gasteiger partial charge in [-0.2, -0.15) is 0 Å². The van der Waals surface area contributed by atoms with E-state index in [4.69, 9.17) is 0 Å². The molecule has 2 aliphatic carbocycles. The van der Waals surface area contributed by atoms with Crippen LogP contribution >= 0.6 is 0 Å². The fourth-order valence-corrected chi connectivity index (χ4v) is 3.92. The maximum atomic E-state index is 3.73. The standard InChI is InChI=1S/C20H31N/c1-17-5-7-18(8-6-17)11-14-20(12-3-2-4-13-20)15-16-21-19-9-10-19/h5-8,19,21H,2-4,9-16H2,1H3. The van der Waals surface area contributed by atoms with Gasteiger partial charge in [0.2, 0.25) is 0 Å². The van der Waals surface area contributed by atoms with Gasteiger partial charge in [0.25, 0.3) is 0 Å². The molecule has 1 heteroatoms. The molecule has 0 aliphatic heterocycles. The minimum atomic E-state index is 0.630. The summed E-state index contributed by atoms with van der Waals surface area (Å²) in [4.78, 5) is 0. The van der Waals surface area contributed by atoms with Crippen LogP contribution in [0.3, 0.4) is 0 Å². The fourth-order valence-electron chi connectivity index (χ4n) is 3.92. The summed E-state index contributed by atoms with van der Waals surface area (Å²) in [5, 5.41) is 3.73. The first-order valence-electron chi connectivity index (χ1n) is 9.05. The zero-order valence-corrected chi connectivity index (χ0v) is 13.7. The van der Waals surface area contributed by atoms with Gasteiger partial charge in [0.15, 0.2) is 0 Å². The fraction of sp³-hybridized carbons (Fsp3) is 0.700. The van der Waals surface area contributed by atoms with Gasteiger partial charge in [0.05, 0.1) is 0 Å². The van der Waals surface area contributed by atoms with E-state index in [2.05, 4.69) is 36.5 Å². The molecule has 0 radical (unpaired) electrons. The van der Waals surface area contributed by atoms with Crippen LogP contribution in [0.15, 0.2) is 24.3 Å². The molecule has 0 unspecified atom stereocenters. The molecular formula is C20H31N. The van der Waals surface area contributed by atoms with Gasteiger partial charge >= 0.3 is 0 Å². The smallest absolute Gasteiger partial charge is 0.00682 e. The van der Waals surface area contributed by atoms with E-state index in [0.29, 0.717) is 5.41 Å². The molecule has 3 rings (SSSR count). The first kappa shape index (κ1) is 15.1. The molecule has 0 saturated heterocycles. The van der Waals surface area contributed by atoms with Gasteiger partial charge in [0.1, 0.15) is 0 Å². The lowest BCUT2D eigenvalue weighted by Gasteiger charge is -2.38. The number of hydrogen-bond acceptors (Lipinski definition) is 1. The second-order valence-corrected chi connectivity index (χ2v) is 7.52.